The minimum Gasteiger partial charge on any atom is -0.493 e. The zero-order chi connectivity index (χ0) is 18.6. The van der Waals surface area contributed by atoms with Crippen molar-refractivity contribution in [3.8, 4) is 5.75 Å². The van der Waals surface area contributed by atoms with Crippen molar-refractivity contribution in [3.05, 3.63) is 59.7 Å². The third-order valence-corrected chi connectivity index (χ3v) is 4.19. The summed E-state index contributed by atoms with van der Waals surface area (Å²) in [6, 6.07) is 14.0. The minimum atomic E-state index is -0.220. The zero-order valence-electron chi connectivity index (χ0n) is 15.4. The molecule has 4 nitrogen and oxygen atoms in total. The van der Waals surface area contributed by atoms with E-state index in [-0.39, 0.29) is 5.91 Å². The molecule has 2 aromatic rings. The second kappa shape index (κ2) is 11.1. The number of benzene rings is 2. The highest BCUT2D eigenvalue weighted by atomic mass is 16.5. The number of carbonyl (C=O) groups is 2. The van der Waals surface area contributed by atoms with E-state index in [0.717, 1.165) is 19.1 Å². The molecule has 0 unspecified atom stereocenters. The lowest BCUT2D eigenvalue weighted by molar-refractivity contribution is 0.102. The Labute approximate surface area is 155 Å². The Morgan fingerprint density at radius 2 is 1.65 bits per heavy atom. The van der Waals surface area contributed by atoms with Crippen molar-refractivity contribution in [2.75, 3.05) is 11.9 Å². The van der Waals surface area contributed by atoms with Crippen molar-refractivity contribution in [2.24, 2.45) is 0 Å². The number of carbonyl (C=O) groups excluding carboxylic acids is 2. The van der Waals surface area contributed by atoms with Crippen LogP contribution >= 0.6 is 0 Å². The lowest BCUT2D eigenvalue weighted by Gasteiger charge is -2.12. The van der Waals surface area contributed by atoms with Crippen molar-refractivity contribution in [3.63, 3.8) is 0 Å². The van der Waals surface area contributed by atoms with Crippen LogP contribution in [0.3, 0.4) is 0 Å². The lowest BCUT2D eigenvalue weighted by Crippen LogP contribution is -2.14. The molecule has 0 spiro atoms. The van der Waals surface area contributed by atoms with Gasteiger partial charge in [-0.2, -0.15) is 0 Å². The standard InChI is InChI=1S/C22H27NO3/c1-2-3-4-5-6-9-16-26-21-11-8-7-10-20(21)22(25)23-19-14-12-18(17-24)13-15-19/h7-8,10-15,17H,2-6,9,16H2,1H3,(H,23,25). The number of ether oxygens (including phenoxy) is 1. The maximum Gasteiger partial charge on any atom is 0.259 e. The fourth-order valence-electron chi connectivity index (χ4n) is 2.69. The predicted octanol–water partition coefficient (Wildman–Crippen LogP) is 5.49. The van der Waals surface area contributed by atoms with Crippen molar-refractivity contribution >= 4 is 17.9 Å². The number of anilines is 1. The summed E-state index contributed by atoms with van der Waals surface area (Å²) in [6.45, 7) is 2.83. The Kier molecular flexibility index (Phi) is 8.40. The van der Waals surface area contributed by atoms with E-state index in [0.29, 0.717) is 29.2 Å². The molecule has 0 aliphatic rings. The molecule has 0 aromatic heterocycles. The number of hydrogen-bond acceptors (Lipinski definition) is 3. The monoisotopic (exact) mass is 353 g/mol. The van der Waals surface area contributed by atoms with Gasteiger partial charge in [-0.05, 0) is 42.8 Å². The van der Waals surface area contributed by atoms with E-state index in [1.807, 2.05) is 18.2 Å². The average Bonchev–Trinajstić information content (AvgIpc) is 2.68. The number of hydrogen-bond donors (Lipinski definition) is 1. The van der Waals surface area contributed by atoms with Gasteiger partial charge in [0.15, 0.2) is 0 Å². The summed E-state index contributed by atoms with van der Waals surface area (Å²) >= 11 is 0. The van der Waals surface area contributed by atoms with Crippen LogP contribution in [0.5, 0.6) is 5.75 Å². The van der Waals surface area contributed by atoms with Gasteiger partial charge in [-0.25, -0.2) is 0 Å². The van der Waals surface area contributed by atoms with Gasteiger partial charge in [0.25, 0.3) is 5.91 Å². The molecule has 2 rings (SSSR count). The van der Waals surface area contributed by atoms with E-state index < -0.39 is 0 Å². The van der Waals surface area contributed by atoms with Gasteiger partial charge in [0.05, 0.1) is 12.2 Å². The first-order chi connectivity index (χ1) is 12.7. The van der Waals surface area contributed by atoms with Gasteiger partial charge in [0, 0.05) is 11.3 Å². The fourth-order valence-corrected chi connectivity index (χ4v) is 2.69. The summed E-state index contributed by atoms with van der Waals surface area (Å²) in [4.78, 5) is 23.2. The quantitative estimate of drug-likeness (QED) is 0.429. The van der Waals surface area contributed by atoms with E-state index >= 15 is 0 Å². The van der Waals surface area contributed by atoms with Crippen LogP contribution in [0.15, 0.2) is 48.5 Å². The van der Waals surface area contributed by atoms with Gasteiger partial charge >= 0.3 is 0 Å². The number of aldehydes is 1. The largest absolute Gasteiger partial charge is 0.493 e. The predicted molar refractivity (Wildman–Crippen MR) is 105 cm³/mol. The first kappa shape index (κ1) is 19.7. The lowest BCUT2D eigenvalue weighted by atomic mass is 10.1. The van der Waals surface area contributed by atoms with Gasteiger partial charge in [-0.1, -0.05) is 51.2 Å². The van der Waals surface area contributed by atoms with Crippen molar-refractivity contribution in [1.82, 2.24) is 0 Å². The highest BCUT2D eigenvalue weighted by Crippen LogP contribution is 2.20. The molecule has 0 fully saturated rings. The molecule has 0 saturated heterocycles. The van der Waals surface area contributed by atoms with Crippen molar-refractivity contribution in [1.29, 1.82) is 0 Å². The highest BCUT2D eigenvalue weighted by molar-refractivity contribution is 6.06. The molecule has 0 bridgehead atoms. The molecule has 0 heterocycles. The van der Waals surface area contributed by atoms with Gasteiger partial charge < -0.3 is 10.1 Å². The summed E-state index contributed by atoms with van der Waals surface area (Å²) in [6.07, 6.45) is 7.96. The normalized spacial score (nSPS) is 10.3. The number of rotatable bonds is 11. The average molecular weight is 353 g/mol. The summed E-state index contributed by atoms with van der Waals surface area (Å²) < 4.78 is 5.83. The van der Waals surface area contributed by atoms with Gasteiger partial charge in [-0.3, -0.25) is 9.59 Å². The number of amides is 1. The molecule has 0 atom stereocenters. The van der Waals surface area contributed by atoms with Crippen LogP contribution in [0, 0.1) is 0 Å². The van der Waals surface area contributed by atoms with Gasteiger partial charge in [0.1, 0.15) is 12.0 Å². The molecule has 0 radical (unpaired) electrons. The summed E-state index contributed by atoms with van der Waals surface area (Å²) in [5.74, 6) is 0.380. The van der Waals surface area contributed by atoms with E-state index in [1.54, 1.807) is 30.3 Å². The smallest absolute Gasteiger partial charge is 0.259 e. The van der Waals surface area contributed by atoms with Crippen molar-refractivity contribution < 1.29 is 14.3 Å². The highest BCUT2D eigenvalue weighted by Gasteiger charge is 2.12. The Morgan fingerprint density at radius 1 is 0.962 bits per heavy atom. The van der Waals surface area contributed by atoms with E-state index in [4.69, 9.17) is 4.74 Å². The number of unbranched alkanes of at least 4 members (excludes halogenated alkanes) is 5. The molecule has 1 amide bonds. The summed E-state index contributed by atoms with van der Waals surface area (Å²) in [5.41, 5.74) is 1.73. The molecule has 138 valence electrons. The Balaban J connectivity index is 1.88. The molecule has 0 aliphatic heterocycles. The first-order valence-electron chi connectivity index (χ1n) is 9.33. The zero-order valence-corrected chi connectivity index (χ0v) is 15.4. The van der Waals surface area contributed by atoms with E-state index in [9.17, 15) is 9.59 Å². The molecule has 26 heavy (non-hydrogen) atoms. The second-order valence-corrected chi connectivity index (χ2v) is 6.31. The Bertz CT molecular complexity index is 695. The molecule has 0 saturated carbocycles. The van der Waals surface area contributed by atoms with Crippen molar-refractivity contribution in [2.45, 2.75) is 45.4 Å². The molecular formula is C22H27NO3. The molecule has 4 heteroatoms. The maximum atomic E-state index is 12.5. The van der Waals surface area contributed by atoms with Crippen LogP contribution < -0.4 is 10.1 Å². The Morgan fingerprint density at radius 3 is 2.38 bits per heavy atom. The molecular weight excluding hydrogens is 326 g/mol. The van der Waals surface area contributed by atoms with Crippen LogP contribution in [0.2, 0.25) is 0 Å². The summed E-state index contributed by atoms with van der Waals surface area (Å²) in [7, 11) is 0. The Hall–Kier alpha value is -2.62. The fraction of sp³-hybridized carbons (Fsp3) is 0.364. The van der Waals surface area contributed by atoms with Crippen LogP contribution in [0.1, 0.15) is 66.2 Å². The second-order valence-electron chi connectivity index (χ2n) is 6.31. The van der Waals surface area contributed by atoms with Gasteiger partial charge in [0.2, 0.25) is 0 Å². The molecule has 2 aromatic carbocycles. The van der Waals surface area contributed by atoms with Crippen LogP contribution in [0.4, 0.5) is 5.69 Å². The van der Waals surface area contributed by atoms with Gasteiger partial charge in [-0.15, -0.1) is 0 Å². The third-order valence-electron chi connectivity index (χ3n) is 4.19. The van der Waals surface area contributed by atoms with E-state index in [1.165, 1.54) is 25.7 Å². The maximum absolute atomic E-state index is 12.5. The SMILES string of the molecule is CCCCCCCCOc1ccccc1C(=O)Nc1ccc(C=O)cc1. The number of nitrogens with one attached hydrogen (secondary N) is 1. The summed E-state index contributed by atoms with van der Waals surface area (Å²) in [5, 5.41) is 2.84. The first-order valence-corrected chi connectivity index (χ1v) is 9.33. The topological polar surface area (TPSA) is 55.4 Å². The van der Waals surface area contributed by atoms with Crippen LogP contribution in [-0.4, -0.2) is 18.8 Å². The molecule has 0 aliphatic carbocycles. The number of para-hydroxylation sites is 1. The minimum absolute atomic E-state index is 0.220. The van der Waals surface area contributed by atoms with Crippen LogP contribution in [-0.2, 0) is 0 Å². The third kappa shape index (κ3) is 6.36. The van der Waals surface area contributed by atoms with Crippen LogP contribution in [0.25, 0.3) is 0 Å². The molecule has 1 N–H and O–H groups in total. The van der Waals surface area contributed by atoms with E-state index in [2.05, 4.69) is 12.2 Å².